The zero-order valence-corrected chi connectivity index (χ0v) is 11.0. The van der Waals surface area contributed by atoms with Crippen molar-refractivity contribution in [2.45, 2.75) is 19.3 Å². The fraction of sp³-hybridized carbons (Fsp3) is 0.286. The second kappa shape index (κ2) is 5.89. The Labute approximate surface area is 116 Å². The summed E-state index contributed by atoms with van der Waals surface area (Å²) < 4.78 is 0. The third-order valence-electron chi connectivity index (χ3n) is 3.11. The second-order valence-corrected chi connectivity index (χ2v) is 4.88. The van der Waals surface area contributed by atoms with E-state index in [0.717, 1.165) is 19.3 Å². The molecule has 0 saturated heterocycles. The highest BCUT2D eigenvalue weighted by atomic mass is 35.5. The van der Waals surface area contributed by atoms with Crippen molar-refractivity contribution in [3.63, 3.8) is 0 Å². The van der Waals surface area contributed by atoms with Crippen molar-refractivity contribution in [3.8, 4) is 0 Å². The molecule has 19 heavy (non-hydrogen) atoms. The van der Waals surface area contributed by atoms with Gasteiger partial charge in [0.05, 0.1) is 10.6 Å². The Morgan fingerprint density at radius 2 is 2.11 bits per heavy atom. The second-order valence-electron chi connectivity index (χ2n) is 4.47. The van der Waals surface area contributed by atoms with Gasteiger partial charge in [-0.1, -0.05) is 23.8 Å². The Morgan fingerprint density at radius 1 is 1.32 bits per heavy atom. The summed E-state index contributed by atoms with van der Waals surface area (Å²) in [6.07, 6.45) is 6.57. The van der Waals surface area contributed by atoms with Crippen molar-refractivity contribution in [1.29, 1.82) is 0 Å². The standard InChI is InChI=1S/C14H14ClNO3/c15-12-8-10(6-7-11(12)14(18)19)16-13(17)9-4-2-1-3-5-9/h1-2,6-9H,3-5H2,(H,16,17)(H,18,19). The minimum absolute atomic E-state index is 0.0251. The van der Waals surface area contributed by atoms with Gasteiger partial charge in [-0.3, -0.25) is 4.79 Å². The number of carboxylic acid groups (broad SMARTS) is 1. The molecule has 2 N–H and O–H groups in total. The van der Waals surface area contributed by atoms with Crippen LogP contribution >= 0.6 is 11.6 Å². The molecule has 4 nitrogen and oxygen atoms in total. The zero-order chi connectivity index (χ0) is 13.8. The number of aromatic carboxylic acids is 1. The maximum atomic E-state index is 12.0. The predicted octanol–water partition coefficient (Wildman–Crippen LogP) is 3.33. The first-order valence-electron chi connectivity index (χ1n) is 6.06. The van der Waals surface area contributed by atoms with Crippen molar-refractivity contribution in [2.75, 3.05) is 5.32 Å². The molecule has 0 radical (unpaired) electrons. The average molecular weight is 280 g/mol. The summed E-state index contributed by atoms with van der Waals surface area (Å²) in [5, 5.41) is 11.8. The molecule has 1 amide bonds. The molecule has 0 fully saturated rings. The van der Waals surface area contributed by atoms with E-state index in [1.54, 1.807) is 6.07 Å². The summed E-state index contributed by atoms with van der Waals surface area (Å²) in [6, 6.07) is 4.40. The zero-order valence-electron chi connectivity index (χ0n) is 10.2. The van der Waals surface area contributed by atoms with Crippen LogP contribution < -0.4 is 5.32 Å². The Balaban J connectivity index is 2.07. The van der Waals surface area contributed by atoms with Crippen molar-refractivity contribution in [2.24, 2.45) is 5.92 Å². The highest BCUT2D eigenvalue weighted by molar-refractivity contribution is 6.33. The summed E-state index contributed by atoms with van der Waals surface area (Å²) in [6.45, 7) is 0. The number of anilines is 1. The molecule has 0 spiro atoms. The lowest BCUT2D eigenvalue weighted by Gasteiger charge is -2.17. The van der Waals surface area contributed by atoms with Gasteiger partial charge in [-0.05, 0) is 37.5 Å². The molecule has 2 rings (SSSR count). The lowest BCUT2D eigenvalue weighted by Crippen LogP contribution is -2.23. The number of amides is 1. The van der Waals surface area contributed by atoms with Crippen molar-refractivity contribution < 1.29 is 14.7 Å². The maximum Gasteiger partial charge on any atom is 0.337 e. The number of carbonyl (C=O) groups is 2. The Morgan fingerprint density at radius 3 is 2.68 bits per heavy atom. The number of rotatable bonds is 3. The van der Waals surface area contributed by atoms with Gasteiger partial charge in [0.25, 0.3) is 0 Å². The molecule has 0 bridgehead atoms. The number of carboxylic acids is 1. The fourth-order valence-electron chi connectivity index (χ4n) is 2.04. The van der Waals surface area contributed by atoms with Gasteiger partial charge in [0.1, 0.15) is 0 Å². The van der Waals surface area contributed by atoms with Crippen LogP contribution in [0, 0.1) is 5.92 Å². The van der Waals surface area contributed by atoms with E-state index in [-0.39, 0.29) is 22.4 Å². The Bertz CT molecular complexity index is 539. The number of nitrogens with one attached hydrogen (secondary N) is 1. The molecular weight excluding hydrogens is 266 g/mol. The third-order valence-corrected chi connectivity index (χ3v) is 3.42. The van der Waals surface area contributed by atoms with Crippen molar-refractivity contribution in [1.82, 2.24) is 0 Å². The van der Waals surface area contributed by atoms with Crippen LogP contribution in [0.15, 0.2) is 30.4 Å². The fourth-order valence-corrected chi connectivity index (χ4v) is 2.30. The summed E-state index contributed by atoms with van der Waals surface area (Å²) in [5.74, 6) is -1.16. The number of hydrogen-bond acceptors (Lipinski definition) is 2. The molecule has 1 aliphatic rings. The van der Waals surface area contributed by atoms with Gasteiger partial charge in [-0.15, -0.1) is 0 Å². The quantitative estimate of drug-likeness (QED) is 0.834. The Hall–Kier alpha value is -1.81. The topological polar surface area (TPSA) is 66.4 Å². The van der Waals surface area contributed by atoms with Crippen molar-refractivity contribution >= 4 is 29.2 Å². The van der Waals surface area contributed by atoms with Crippen LogP contribution in [0.2, 0.25) is 5.02 Å². The highest BCUT2D eigenvalue weighted by Crippen LogP contribution is 2.23. The molecule has 100 valence electrons. The van der Waals surface area contributed by atoms with Gasteiger partial charge in [-0.2, -0.15) is 0 Å². The van der Waals surface area contributed by atoms with Gasteiger partial charge >= 0.3 is 5.97 Å². The largest absolute Gasteiger partial charge is 0.478 e. The monoisotopic (exact) mass is 279 g/mol. The normalized spacial score (nSPS) is 18.1. The molecule has 1 aromatic rings. The molecule has 0 aromatic heterocycles. The summed E-state index contributed by atoms with van der Waals surface area (Å²) in [5.41, 5.74) is 0.551. The first-order chi connectivity index (χ1) is 9.08. The number of benzene rings is 1. The molecule has 0 aliphatic heterocycles. The van der Waals surface area contributed by atoms with Crippen LogP contribution in [-0.2, 0) is 4.79 Å². The van der Waals surface area contributed by atoms with E-state index in [4.69, 9.17) is 16.7 Å². The van der Waals surface area contributed by atoms with Crippen molar-refractivity contribution in [3.05, 3.63) is 40.9 Å². The van der Waals surface area contributed by atoms with Crippen LogP contribution in [0.5, 0.6) is 0 Å². The van der Waals surface area contributed by atoms with E-state index < -0.39 is 5.97 Å². The predicted molar refractivity (Wildman–Crippen MR) is 73.5 cm³/mol. The van der Waals surface area contributed by atoms with E-state index in [1.165, 1.54) is 12.1 Å². The van der Waals surface area contributed by atoms with E-state index in [9.17, 15) is 9.59 Å². The van der Waals surface area contributed by atoms with E-state index >= 15 is 0 Å². The Kier molecular flexibility index (Phi) is 4.22. The van der Waals surface area contributed by atoms with Gasteiger partial charge in [0.2, 0.25) is 5.91 Å². The molecule has 1 unspecified atom stereocenters. The lowest BCUT2D eigenvalue weighted by atomic mass is 9.93. The van der Waals surface area contributed by atoms with E-state index in [2.05, 4.69) is 11.4 Å². The highest BCUT2D eigenvalue weighted by Gasteiger charge is 2.19. The van der Waals surface area contributed by atoms with Gasteiger partial charge < -0.3 is 10.4 Å². The summed E-state index contributed by atoms with van der Waals surface area (Å²) in [7, 11) is 0. The van der Waals surface area contributed by atoms with Crippen LogP contribution in [0.1, 0.15) is 29.6 Å². The molecule has 1 aliphatic carbocycles. The number of carbonyl (C=O) groups excluding carboxylic acids is 1. The van der Waals surface area contributed by atoms with Crippen LogP contribution in [0.3, 0.4) is 0 Å². The number of allylic oxidation sites excluding steroid dienone is 2. The number of halogens is 1. The van der Waals surface area contributed by atoms with Gasteiger partial charge in [0.15, 0.2) is 0 Å². The average Bonchev–Trinajstić information content (AvgIpc) is 2.39. The summed E-state index contributed by atoms with van der Waals surface area (Å²) >= 11 is 5.85. The molecule has 1 aromatic carbocycles. The molecular formula is C14H14ClNO3. The van der Waals surface area contributed by atoms with Gasteiger partial charge in [-0.25, -0.2) is 4.79 Å². The lowest BCUT2D eigenvalue weighted by molar-refractivity contribution is -0.120. The SMILES string of the molecule is O=C(O)c1ccc(NC(=O)C2CC=CCC2)cc1Cl. The first-order valence-corrected chi connectivity index (χ1v) is 6.44. The van der Waals surface area contributed by atoms with Crippen LogP contribution in [0.25, 0.3) is 0 Å². The molecule has 0 saturated carbocycles. The summed E-state index contributed by atoms with van der Waals surface area (Å²) in [4.78, 5) is 22.8. The van der Waals surface area contributed by atoms with Gasteiger partial charge in [0, 0.05) is 11.6 Å². The van der Waals surface area contributed by atoms with Crippen LogP contribution in [-0.4, -0.2) is 17.0 Å². The van der Waals surface area contributed by atoms with E-state index in [1.807, 2.05) is 6.08 Å². The van der Waals surface area contributed by atoms with Crippen LogP contribution in [0.4, 0.5) is 5.69 Å². The number of hydrogen-bond donors (Lipinski definition) is 2. The minimum atomic E-state index is -1.08. The van der Waals surface area contributed by atoms with E-state index in [0.29, 0.717) is 5.69 Å². The third kappa shape index (κ3) is 3.35. The molecule has 0 heterocycles. The molecule has 1 atom stereocenters. The minimum Gasteiger partial charge on any atom is -0.478 e. The smallest absolute Gasteiger partial charge is 0.337 e. The first kappa shape index (κ1) is 13.6. The molecule has 5 heteroatoms. The maximum absolute atomic E-state index is 12.0.